The zero-order chi connectivity index (χ0) is 35.0. The van der Waals surface area contributed by atoms with Crippen molar-refractivity contribution in [3.8, 4) is 17.3 Å². The smallest absolute Gasteiger partial charge is 0.137 e. The molecule has 6 heteroatoms. The summed E-state index contributed by atoms with van der Waals surface area (Å²) < 4.78 is 11.6. The summed E-state index contributed by atoms with van der Waals surface area (Å²) in [4.78, 5) is 9.70. The first-order valence-electron chi connectivity index (χ1n) is 17.7. The van der Waals surface area contributed by atoms with Crippen molar-refractivity contribution in [2.24, 2.45) is 0 Å². The lowest BCUT2D eigenvalue weighted by Gasteiger charge is -2.22. The molecule has 1 aliphatic heterocycles. The van der Waals surface area contributed by atoms with Crippen molar-refractivity contribution in [3.63, 3.8) is 0 Å². The van der Waals surface area contributed by atoms with Gasteiger partial charge in [-0.15, -0.1) is 11.3 Å². The van der Waals surface area contributed by atoms with E-state index < -0.39 is 0 Å². The van der Waals surface area contributed by atoms with Gasteiger partial charge >= 0.3 is 0 Å². The second kappa shape index (κ2) is 11.7. The first-order chi connectivity index (χ1) is 25.4. The summed E-state index contributed by atoms with van der Waals surface area (Å²) in [6, 6.07) is 51.6. The van der Waals surface area contributed by atoms with Crippen molar-refractivity contribution in [1.29, 1.82) is 0 Å². The Labute approximate surface area is 306 Å². The molecule has 3 aromatic heterocycles. The second-order valence-electron chi connectivity index (χ2n) is 14.5. The van der Waals surface area contributed by atoms with Crippen LogP contribution in [0.4, 0.5) is 22.7 Å². The van der Waals surface area contributed by atoms with Gasteiger partial charge in [0.2, 0.25) is 0 Å². The number of rotatable bonds is 5. The Morgan fingerprint density at radius 1 is 0.635 bits per heavy atom. The van der Waals surface area contributed by atoms with Gasteiger partial charge in [0.15, 0.2) is 0 Å². The Bertz CT molecular complexity index is 2810. The standard InChI is InChI=1S/C46H36N4OS/c1-46(2,3)31-24-25-47-42(26-31)50-40-28-35(21-22-37(40)45-44(50)43-36-17-8-7-12-30(36)20-23-41(43)52-45)51-34-16-11-15-33(27-34)49-29-48(32-13-5-4-6-14-32)38-18-9-10-19-39(38)49/h4-28H,29H2,1-3H3. The average Bonchev–Trinajstić information content (AvgIpc) is 3.84. The SMILES string of the molecule is CC(C)(C)c1ccnc(-n2c3cc(Oc4cccc(N5CN(c6ccccc6)c6ccccc65)c4)ccc3c3sc4ccc5ccccc5c4c32)c1. The molecule has 4 heterocycles. The molecular weight excluding hydrogens is 657 g/mol. The van der Waals surface area contributed by atoms with Crippen molar-refractivity contribution < 1.29 is 4.74 Å². The van der Waals surface area contributed by atoms with Crippen LogP contribution in [0.5, 0.6) is 11.5 Å². The van der Waals surface area contributed by atoms with Gasteiger partial charge in [-0.05, 0) is 88.5 Å². The van der Waals surface area contributed by atoms with Crippen LogP contribution < -0.4 is 14.5 Å². The van der Waals surface area contributed by atoms with E-state index in [2.05, 4.69) is 175 Å². The minimum atomic E-state index is -0.0174. The summed E-state index contributed by atoms with van der Waals surface area (Å²) in [5.41, 5.74) is 8.12. The quantitative estimate of drug-likeness (QED) is 0.180. The predicted molar refractivity (Wildman–Crippen MR) is 219 cm³/mol. The molecule has 0 radical (unpaired) electrons. The highest BCUT2D eigenvalue weighted by atomic mass is 32.1. The first-order valence-corrected chi connectivity index (χ1v) is 18.5. The van der Waals surface area contributed by atoms with E-state index >= 15 is 0 Å². The number of benzene rings is 6. The maximum atomic E-state index is 6.71. The molecule has 0 aliphatic carbocycles. The number of hydrogen-bond donors (Lipinski definition) is 0. The Hall–Kier alpha value is -6.11. The molecule has 0 spiro atoms. The van der Waals surface area contributed by atoms with Crippen LogP contribution in [0.3, 0.4) is 0 Å². The lowest BCUT2D eigenvalue weighted by molar-refractivity contribution is 0.483. The molecule has 0 fully saturated rings. The lowest BCUT2D eigenvalue weighted by atomic mass is 9.88. The number of pyridine rings is 1. The molecule has 0 N–H and O–H groups in total. The summed E-state index contributed by atoms with van der Waals surface area (Å²) in [6.45, 7) is 7.47. The fraction of sp³-hybridized carbons (Fsp3) is 0.109. The first kappa shape index (κ1) is 30.7. The number of thiophene rings is 1. The van der Waals surface area contributed by atoms with E-state index in [0.717, 1.165) is 28.5 Å². The monoisotopic (exact) mass is 692 g/mol. The van der Waals surface area contributed by atoms with Crippen LogP contribution in [0.1, 0.15) is 26.3 Å². The molecule has 0 amide bonds. The summed E-state index contributed by atoms with van der Waals surface area (Å²) in [7, 11) is 0. The average molecular weight is 693 g/mol. The number of aromatic nitrogens is 2. The summed E-state index contributed by atoms with van der Waals surface area (Å²) in [5.74, 6) is 2.48. The van der Waals surface area contributed by atoms with Gasteiger partial charge in [0.1, 0.15) is 24.0 Å². The lowest BCUT2D eigenvalue weighted by Crippen LogP contribution is -2.23. The fourth-order valence-corrected chi connectivity index (χ4v) is 8.92. The zero-order valence-electron chi connectivity index (χ0n) is 29.2. The van der Waals surface area contributed by atoms with Gasteiger partial charge in [0.25, 0.3) is 0 Å². The minimum absolute atomic E-state index is 0.0174. The van der Waals surface area contributed by atoms with E-state index in [-0.39, 0.29) is 5.41 Å². The van der Waals surface area contributed by atoms with Crippen LogP contribution in [0.25, 0.3) is 47.8 Å². The maximum absolute atomic E-state index is 6.71. The molecule has 0 unspecified atom stereocenters. The highest BCUT2D eigenvalue weighted by Gasteiger charge is 2.28. The van der Waals surface area contributed by atoms with E-state index in [4.69, 9.17) is 9.72 Å². The molecule has 0 bridgehead atoms. The summed E-state index contributed by atoms with van der Waals surface area (Å²) >= 11 is 1.85. The van der Waals surface area contributed by atoms with Crippen molar-refractivity contribution in [2.75, 3.05) is 16.5 Å². The normalized spacial score (nSPS) is 13.1. The topological polar surface area (TPSA) is 33.5 Å². The number of ether oxygens (including phenoxy) is 1. The summed E-state index contributed by atoms with van der Waals surface area (Å²) in [5, 5.41) is 4.95. The van der Waals surface area contributed by atoms with E-state index in [1.165, 1.54) is 59.1 Å². The van der Waals surface area contributed by atoms with Crippen LogP contribution >= 0.6 is 11.3 Å². The second-order valence-corrected chi connectivity index (χ2v) is 15.6. The van der Waals surface area contributed by atoms with Gasteiger partial charge in [0.05, 0.1) is 27.1 Å². The van der Waals surface area contributed by atoms with Crippen molar-refractivity contribution in [1.82, 2.24) is 9.55 Å². The molecule has 1 aliphatic rings. The molecule has 9 aromatic rings. The summed E-state index contributed by atoms with van der Waals surface area (Å²) in [6.07, 6.45) is 1.95. The van der Waals surface area contributed by atoms with Crippen LogP contribution in [0, 0.1) is 0 Å². The molecule has 6 aromatic carbocycles. The maximum Gasteiger partial charge on any atom is 0.137 e. The van der Waals surface area contributed by atoms with Crippen LogP contribution in [-0.4, -0.2) is 16.2 Å². The predicted octanol–water partition coefficient (Wildman–Crippen LogP) is 12.9. The molecule has 52 heavy (non-hydrogen) atoms. The van der Waals surface area contributed by atoms with E-state index in [9.17, 15) is 0 Å². The van der Waals surface area contributed by atoms with Crippen LogP contribution in [0.15, 0.2) is 152 Å². The highest BCUT2D eigenvalue weighted by Crippen LogP contribution is 2.47. The van der Waals surface area contributed by atoms with Gasteiger partial charge in [-0.25, -0.2) is 4.98 Å². The molecule has 0 atom stereocenters. The molecule has 0 saturated heterocycles. The third-order valence-electron chi connectivity index (χ3n) is 10.3. The Morgan fingerprint density at radius 3 is 2.19 bits per heavy atom. The molecular formula is C46H36N4OS. The third kappa shape index (κ3) is 4.94. The van der Waals surface area contributed by atoms with Crippen molar-refractivity contribution in [3.05, 3.63) is 157 Å². The number of fused-ring (bicyclic) bond motifs is 8. The van der Waals surface area contributed by atoms with Gasteiger partial charge in [-0.2, -0.15) is 0 Å². The molecule has 252 valence electrons. The largest absolute Gasteiger partial charge is 0.457 e. The zero-order valence-corrected chi connectivity index (χ0v) is 30.1. The molecule has 5 nitrogen and oxygen atoms in total. The Kier molecular flexibility index (Phi) is 6.92. The number of anilines is 4. The van der Waals surface area contributed by atoms with Crippen molar-refractivity contribution in [2.45, 2.75) is 26.2 Å². The van der Waals surface area contributed by atoms with Gasteiger partial charge in [0, 0.05) is 45.2 Å². The fourth-order valence-electron chi connectivity index (χ4n) is 7.68. The van der Waals surface area contributed by atoms with Crippen molar-refractivity contribution >= 4 is 76.1 Å². The van der Waals surface area contributed by atoms with E-state index in [1.54, 1.807) is 0 Å². The number of nitrogens with zero attached hydrogens (tertiary/aromatic N) is 4. The molecule has 10 rings (SSSR count). The van der Waals surface area contributed by atoms with Crippen LogP contribution in [-0.2, 0) is 5.41 Å². The van der Waals surface area contributed by atoms with E-state index in [0.29, 0.717) is 6.67 Å². The third-order valence-corrected chi connectivity index (χ3v) is 11.4. The van der Waals surface area contributed by atoms with Gasteiger partial charge < -0.3 is 14.5 Å². The minimum Gasteiger partial charge on any atom is -0.457 e. The van der Waals surface area contributed by atoms with Crippen LogP contribution in [0.2, 0.25) is 0 Å². The van der Waals surface area contributed by atoms with E-state index in [1.807, 2.05) is 23.6 Å². The Balaban J connectivity index is 1.10. The highest BCUT2D eigenvalue weighted by molar-refractivity contribution is 7.27. The number of hydrogen-bond acceptors (Lipinski definition) is 5. The number of para-hydroxylation sites is 3. The Morgan fingerprint density at radius 2 is 1.37 bits per heavy atom. The van der Waals surface area contributed by atoms with Gasteiger partial charge in [-0.3, -0.25) is 4.57 Å². The molecule has 0 saturated carbocycles. The van der Waals surface area contributed by atoms with Gasteiger partial charge in [-0.1, -0.05) is 87.5 Å².